The molecule has 0 fully saturated rings. The van der Waals surface area contributed by atoms with Crippen molar-refractivity contribution in [1.29, 1.82) is 0 Å². The van der Waals surface area contributed by atoms with Crippen LogP contribution in [0, 0.1) is 0 Å². The summed E-state index contributed by atoms with van der Waals surface area (Å²) in [6, 6.07) is 0. The number of phosphoric ester groups is 1. The molecule has 0 aliphatic rings. The number of phosphoric acid groups is 1. The molecule has 0 rings (SSSR count). The Hall–Kier alpha value is -2.32. The van der Waals surface area contributed by atoms with Gasteiger partial charge in [-0.25, -0.2) is 0 Å². The minimum absolute atomic E-state index is 0.0154. The molecular weight excluding hydrogens is 782 g/mol. The maximum atomic E-state index is 12.7. The molecule has 0 saturated heterocycles. The van der Waals surface area contributed by atoms with Gasteiger partial charge in [-0.2, -0.15) is 0 Å². The van der Waals surface area contributed by atoms with Crippen LogP contribution in [0.4, 0.5) is 0 Å². The van der Waals surface area contributed by atoms with Gasteiger partial charge in [-0.3, -0.25) is 9.36 Å². The number of ether oxygens (including phenoxy) is 2. The second-order valence-corrected chi connectivity index (χ2v) is 18.5. The number of carbonyl (C=O) groups is 1. The van der Waals surface area contributed by atoms with Gasteiger partial charge in [0.05, 0.1) is 34.4 Å². The summed E-state index contributed by atoms with van der Waals surface area (Å²) >= 11 is 0. The van der Waals surface area contributed by atoms with Gasteiger partial charge in [0.15, 0.2) is 0 Å². The second kappa shape index (κ2) is 44.3. The average Bonchev–Trinajstić information content (AvgIpc) is 3.22. The Balaban J connectivity index is 4.26. The fraction of sp³-hybridized carbons (Fsp3) is 0.712. The maximum Gasteiger partial charge on any atom is 0.306 e. The predicted octanol–water partition coefficient (Wildman–Crippen LogP) is 14.2. The van der Waals surface area contributed by atoms with Crippen LogP contribution in [-0.2, 0) is 27.9 Å². The molecule has 0 spiro atoms. The van der Waals surface area contributed by atoms with Crippen LogP contribution in [0.5, 0.6) is 0 Å². The van der Waals surface area contributed by atoms with Gasteiger partial charge in [0.1, 0.15) is 19.3 Å². The van der Waals surface area contributed by atoms with Gasteiger partial charge < -0.3 is 27.9 Å². The summed E-state index contributed by atoms with van der Waals surface area (Å²) in [5.74, 6) is -0.351. The number of rotatable bonds is 44. The van der Waals surface area contributed by atoms with Crippen molar-refractivity contribution in [2.24, 2.45) is 0 Å². The number of quaternary nitrogens is 1. The molecule has 2 atom stereocenters. The van der Waals surface area contributed by atoms with Crippen molar-refractivity contribution < 1.29 is 37.3 Å². The third-order valence-electron chi connectivity index (χ3n) is 9.93. The zero-order valence-electron chi connectivity index (χ0n) is 39.8. The van der Waals surface area contributed by atoms with E-state index in [9.17, 15) is 14.3 Å². The number of allylic oxidation sites excluding steroid dienone is 14. The topological polar surface area (TPSA) is 94.1 Å². The van der Waals surface area contributed by atoms with Gasteiger partial charge in [0.25, 0.3) is 7.82 Å². The zero-order chi connectivity index (χ0) is 44.8. The molecule has 0 aliphatic heterocycles. The molecule has 0 radical (unpaired) electrons. The van der Waals surface area contributed by atoms with E-state index in [2.05, 4.69) is 98.9 Å². The first-order chi connectivity index (χ1) is 29.6. The van der Waals surface area contributed by atoms with Crippen molar-refractivity contribution in [3.05, 3.63) is 85.1 Å². The summed E-state index contributed by atoms with van der Waals surface area (Å²) in [5.41, 5.74) is 0. The molecule has 0 heterocycles. The molecule has 0 saturated carbocycles. The van der Waals surface area contributed by atoms with Crippen molar-refractivity contribution in [3.63, 3.8) is 0 Å². The Morgan fingerprint density at radius 1 is 0.525 bits per heavy atom. The van der Waals surface area contributed by atoms with Gasteiger partial charge >= 0.3 is 5.97 Å². The molecule has 8 nitrogen and oxygen atoms in total. The minimum atomic E-state index is -4.54. The van der Waals surface area contributed by atoms with Crippen LogP contribution in [0.2, 0.25) is 0 Å². The van der Waals surface area contributed by atoms with E-state index in [1.54, 1.807) is 0 Å². The summed E-state index contributed by atoms with van der Waals surface area (Å²) in [5, 5.41) is 0. The molecule has 0 aromatic rings. The molecule has 0 amide bonds. The highest BCUT2D eigenvalue weighted by atomic mass is 31.2. The van der Waals surface area contributed by atoms with Crippen LogP contribution in [-0.4, -0.2) is 70.7 Å². The van der Waals surface area contributed by atoms with E-state index >= 15 is 0 Å². The molecule has 61 heavy (non-hydrogen) atoms. The van der Waals surface area contributed by atoms with Gasteiger partial charge in [0.2, 0.25) is 0 Å². The molecule has 9 heteroatoms. The fourth-order valence-corrected chi connectivity index (χ4v) is 6.92. The van der Waals surface area contributed by atoms with E-state index in [0.29, 0.717) is 24.1 Å². The first-order valence-corrected chi connectivity index (χ1v) is 25.8. The lowest BCUT2D eigenvalue weighted by atomic mass is 10.1. The van der Waals surface area contributed by atoms with Crippen molar-refractivity contribution >= 4 is 13.8 Å². The van der Waals surface area contributed by atoms with Gasteiger partial charge in [-0.05, 0) is 89.9 Å². The number of nitrogens with zero attached hydrogens (tertiary/aromatic N) is 1. The second-order valence-electron chi connectivity index (χ2n) is 17.1. The predicted molar refractivity (Wildman–Crippen MR) is 258 cm³/mol. The van der Waals surface area contributed by atoms with Crippen molar-refractivity contribution in [3.8, 4) is 0 Å². The molecule has 0 bridgehead atoms. The number of hydrogen-bond acceptors (Lipinski definition) is 7. The monoisotopic (exact) mass is 874 g/mol. The quantitative estimate of drug-likeness (QED) is 0.0198. The van der Waals surface area contributed by atoms with Crippen LogP contribution >= 0.6 is 7.82 Å². The van der Waals surface area contributed by atoms with Crippen molar-refractivity contribution in [2.45, 2.75) is 187 Å². The molecule has 352 valence electrons. The number of likely N-dealkylation sites (N-methyl/N-ethyl adjacent to an activating group) is 1. The highest BCUT2D eigenvalue weighted by Gasteiger charge is 2.20. The first kappa shape index (κ1) is 58.7. The highest BCUT2D eigenvalue weighted by Crippen LogP contribution is 2.38. The van der Waals surface area contributed by atoms with E-state index in [1.807, 2.05) is 21.1 Å². The summed E-state index contributed by atoms with van der Waals surface area (Å²) in [4.78, 5) is 25.1. The Bertz CT molecular complexity index is 1250. The van der Waals surface area contributed by atoms with Crippen LogP contribution in [0.15, 0.2) is 85.1 Å². The fourth-order valence-electron chi connectivity index (χ4n) is 6.19. The van der Waals surface area contributed by atoms with Gasteiger partial charge in [0, 0.05) is 13.0 Å². The van der Waals surface area contributed by atoms with E-state index in [-0.39, 0.29) is 25.8 Å². The first-order valence-electron chi connectivity index (χ1n) is 24.3. The Labute approximate surface area is 375 Å². The largest absolute Gasteiger partial charge is 0.756 e. The number of unbranched alkanes of at least 4 members (excludes halogenated alkanes) is 16. The SMILES string of the molecule is CC/C=C\C/C=C\C/C=C\C/C=C\C/C=C\CCCCCCOCC(COP(=O)([O-])OCC[N+](C)(C)C)OC(=O)CCCCCCCCCCC/C=C\C/C=C\CCCCC. The summed E-state index contributed by atoms with van der Waals surface area (Å²) in [7, 11) is 1.32. The normalized spacial score (nSPS) is 14.4. The summed E-state index contributed by atoms with van der Waals surface area (Å²) < 4.78 is 34.7. The Morgan fingerprint density at radius 2 is 0.951 bits per heavy atom. The van der Waals surface area contributed by atoms with E-state index in [1.165, 1.54) is 70.6 Å². The van der Waals surface area contributed by atoms with E-state index < -0.39 is 13.9 Å². The van der Waals surface area contributed by atoms with Crippen molar-refractivity contribution in [2.75, 3.05) is 54.1 Å². The highest BCUT2D eigenvalue weighted by molar-refractivity contribution is 7.45. The average molecular weight is 874 g/mol. The number of hydrogen-bond donors (Lipinski definition) is 0. The third-order valence-corrected chi connectivity index (χ3v) is 10.9. The zero-order valence-corrected chi connectivity index (χ0v) is 40.7. The van der Waals surface area contributed by atoms with Crippen molar-refractivity contribution in [1.82, 2.24) is 0 Å². The molecule has 0 aliphatic carbocycles. The number of carbonyl (C=O) groups excluding carboxylic acids is 1. The van der Waals surface area contributed by atoms with E-state index in [0.717, 1.165) is 89.9 Å². The summed E-state index contributed by atoms with van der Waals surface area (Å²) in [6.07, 6.45) is 58.8. The molecular formula is C52H92NO7P. The Kier molecular flexibility index (Phi) is 42.6. The van der Waals surface area contributed by atoms with Gasteiger partial charge in [-0.15, -0.1) is 0 Å². The summed E-state index contributed by atoms with van der Waals surface area (Å²) in [6.45, 7) is 5.19. The molecule has 0 N–H and O–H groups in total. The van der Waals surface area contributed by atoms with Crippen LogP contribution < -0.4 is 4.89 Å². The standard InChI is InChI=1S/C52H92NO7P/c1-6-8-10-12-14-16-18-20-22-24-26-28-30-32-34-36-38-40-42-44-47-57-49-51(50-59-61(55,56)58-48-46-53(3,4)5)60-52(54)45-43-41-39-37-35-33-31-29-27-25-23-21-19-17-15-13-11-9-7-2/h8,10,14-17,20-23,26,28,32,34,51H,6-7,9,11-13,18-19,24-25,27,29-31,33,35-50H2,1-5H3/b10-8-,16-14-,17-15-,22-20-,23-21-,28-26-,34-32-. The third kappa shape index (κ3) is 48.6. The Morgan fingerprint density at radius 3 is 1.43 bits per heavy atom. The lowest BCUT2D eigenvalue weighted by Crippen LogP contribution is -2.37. The lowest BCUT2D eigenvalue weighted by molar-refractivity contribution is -0.870. The van der Waals surface area contributed by atoms with Gasteiger partial charge in [-0.1, -0.05) is 170 Å². The molecule has 0 aromatic carbocycles. The van der Waals surface area contributed by atoms with Crippen LogP contribution in [0.25, 0.3) is 0 Å². The molecule has 2 unspecified atom stereocenters. The minimum Gasteiger partial charge on any atom is -0.756 e. The van der Waals surface area contributed by atoms with Crippen LogP contribution in [0.3, 0.4) is 0 Å². The molecule has 0 aromatic heterocycles. The number of esters is 1. The smallest absolute Gasteiger partial charge is 0.306 e. The maximum absolute atomic E-state index is 12.7. The van der Waals surface area contributed by atoms with Crippen LogP contribution in [0.1, 0.15) is 181 Å². The van der Waals surface area contributed by atoms with E-state index in [4.69, 9.17) is 18.5 Å². The lowest BCUT2D eigenvalue weighted by Gasteiger charge is -2.28.